The fourth-order valence-corrected chi connectivity index (χ4v) is 3.88. The molecule has 1 aromatic rings. The minimum atomic E-state index is -3.53. The summed E-state index contributed by atoms with van der Waals surface area (Å²) < 4.78 is 36.9. The zero-order chi connectivity index (χ0) is 13.3. The molecule has 18 heavy (non-hydrogen) atoms. The number of morpholine rings is 1. The van der Waals surface area contributed by atoms with Crippen LogP contribution in [0, 0.1) is 13.8 Å². The first-order valence-corrected chi connectivity index (χ1v) is 7.45. The normalized spacial score (nSPS) is 22.3. The molecule has 102 valence electrons. The summed E-state index contributed by atoms with van der Waals surface area (Å²) in [7, 11) is -3.53. The average Bonchev–Trinajstić information content (AvgIpc) is 2.69. The van der Waals surface area contributed by atoms with Crippen molar-refractivity contribution in [1.29, 1.82) is 0 Å². The molecule has 0 N–H and O–H groups in total. The summed E-state index contributed by atoms with van der Waals surface area (Å²) in [4.78, 5) is 0.194. The number of sulfonamides is 1. The van der Waals surface area contributed by atoms with Crippen molar-refractivity contribution < 1.29 is 17.7 Å². The van der Waals surface area contributed by atoms with Crippen LogP contribution in [0.1, 0.15) is 24.8 Å². The van der Waals surface area contributed by atoms with Gasteiger partial charge in [-0.2, -0.15) is 4.31 Å². The van der Waals surface area contributed by atoms with Crippen molar-refractivity contribution in [2.75, 3.05) is 19.7 Å². The molecule has 7 heteroatoms. The second kappa shape index (κ2) is 4.99. The molecule has 1 unspecified atom stereocenters. The molecule has 1 saturated heterocycles. The molecule has 6 nitrogen and oxygen atoms in total. The summed E-state index contributed by atoms with van der Waals surface area (Å²) in [6, 6.07) is 0. The van der Waals surface area contributed by atoms with Crippen LogP contribution in [-0.2, 0) is 14.8 Å². The molecule has 0 radical (unpaired) electrons. The maximum Gasteiger partial charge on any atom is 0.248 e. The van der Waals surface area contributed by atoms with Crippen molar-refractivity contribution >= 4 is 10.0 Å². The molecular weight excluding hydrogens is 256 g/mol. The Bertz CT molecular complexity index is 504. The van der Waals surface area contributed by atoms with E-state index in [-0.39, 0.29) is 11.0 Å². The molecule has 0 spiro atoms. The van der Waals surface area contributed by atoms with E-state index in [0.29, 0.717) is 31.2 Å². The fraction of sp³-hybridized carbons (Fsp3) is 0.727. The predicted octanol–water partition coefficient (Wildman–Crippen LogP) is 1.09. The maximum absolute atomic E-state index is 12.5. The molecule has 1 fully saturated rings. The van der Waals surface area contributed by atoms with Gasteiger partial charge in [0.15, 0.2) is 5.76 Å². The van der Waals surface area contributed by atoms with Crippen LogP contribution in [0.2, 0.25) is 0 Å². The van der Waals surface area contributed by atoms with E-state index in [1.807, 2.05) is 6.92 Å². The second-order valence-electron chi connectivity index (χ2n) is 4.42. The quantitative estimate of drug-likeness (QED) is 0.825. The van der Waals surface area contributed by atoms with Gasteiger partial charge in [-0.1, -0.05) is 12.1 Å². The van der Waals surface area contributed by atoms with Gasteiger partial charge in [0, 0.05) is 13.1 Å². The van der Waals surface area contributed by atoms with Crippen LogP contribution < -0.4 is 0 Å². The fourth-order valence-electron chi connectivity index (χ4n) is 2.13. The van der Waals surface area contributed by atoms with Crippen LogP contribution in [0.3, 0.4) is 0 Å². The molecule has 1 aliphatic heterocycles. The molecule has 0 saturated carbocycles. The van der Waals surface area contributed by atoms with Gasteiger partial charge in [0.2, 0.25) is 10.0 Å². The Morgan fingerprint density at radius 3 is 2.72 bits per heavy atom. The number of aryl methyl sites for hydroxylation is 2. The highest BCUT2D eigenvalue weighted by molar-refractivity contribution is 7.89. The maximum atomic E-state index is 12.5. The van der Waals surface area contributed by atoms with E-state index < -0.39 is 10.0 Å². The molecule has 0 bridgehead atoms. The van der Waals surface area contributed by atoms with Gasteiger partial charge in [0.05, 0.1) is 12.7 Å². The van der Waals surface area contributed by atoms with Crippen molar-refractivity contribution in [3.63, 3.8) is 0 Å². The van der Waals surface area contributed by atoms with Crippen LogP contribution in [-0.4, -0.2) is 43.7 Å². The zero-order valence-electron chi connectivity index (χ0n) is 10.8. The number of nitrogens with zero attached hydrogens (tertiary/aromatic N) is 2. The summed E-state index contributed by atoms with van der Waals surface area (Å²) in [6.45, 7) is 6.44. The van der Waals surface area contributed by atoms with E-state index in [2.05, 4.69) is 5.16 Å². The first-order valence-electron chi connectivity index (χ1n) is 6.01. The highest BCUT2D eigenvalue weighted by Gasteiger charge is 2.34. The summed E-state index contributed by atoms with van der Waals surface area (Å²) in [5.74, 6) is 0.340. The number of aromatic nitrogens is 1. The van der Waals surface area contributed by atoms with Gasteiger partial charge in [0.25, 0.3) is 0 Å². The van der Waals surface area contributed by atoms with E-state index in [1.165, 1.54) is 4.31 Å². The lowest BCUT2D eigenvalue weighted by Crippen LogP contribution is -2.45. The Morgan fingerprint density at radius 2 is 2.17 bits per heavy atom. The third-order valence-electron chi connectivity index (χ3n) is 3.12. The van der Waals surface area contributed by atoms with E-state index in [9.17, 15) is 8.42 Å². The van der Waals surface area contributed by atoms with Crippen molar-refractivity contribution in [3.8, 4) is 0 Å². The standard InChI is InChI=1S/C11H18N2O4S/c1-4-10-7-13(5-6-16-10)18(14,15)11-8(2)12-17-9(11)3/h10H,4-7H2,1-3H3. The Balaban J connectivity index is 2.31. The lowest BCUT2D eigenvalue weighted by molar-refractivity contribution is -0.00281. The first-order chi connectivity index (χ1) is 8.46. The van der Waals surface area contributed by atoms with Crippen molar-refractivity contribution in [2.24, 2.45) is 0 Å². The summed E-state index contributed by atoms with van der Waals surface area (Å²) in [5, 5.41) is 3.70. The summed E-state index contributed by atoms with van der Waals surface area (Å²) in [6.07, 6.45) is 0.766. The Morgan fingerprint density at radius 1 is 1.44 bits per heavy atom. The van der Waals surface area contributed by atoms with Gasteiger partial charge in [-0.3, -0.25) is 0 Å². The number of hydrogen-bond acceptors (Lipinski definition) is 5. The van der Waals surface area contributed by atoms with Gasteiger partial charge >= 0.3 is 0 Å². The molecule has 1 atom stereocenters. The SMILES string of the molecule is CCC1CN(S(=O)(=O)c2c(C)noc2C)CCO1. The summed E-state index contributed by atoms with van der Waals surface area (Å²) in [5.41, 5.74) is 0.409. The largest absolute Gasteiger partial charge is 0.375 e. The smallest absolute Gasteiger partial charge is 0.248 e. The van der Waals surface area contributed by atoms with Crippen molar-refractivity contribution in [3.05, 3.63) is 11.5 Å². The number of rotatable bonds is 3. The first kappa shape index (κ1) is 13.5. The van der Waals surface area contributed by atoms with E-state index in [4.69, 9.17) is 9.26 Å². The molecule has 1 aromatic heterocycles. The monoisotopic (exact) mass is 274 g/mol. The lowest BCUT2D eigenvalue weighted by Gasteiger charge is -2.31. The third-order valence-corrected chi connectivity index (χ3v) is 5.23. The molecule has 2 heterocycles. The van der Waals surface area contributed by atoms with Gasteiger partial charge in [-0.15, -0.1) is 0 Å². The van der Waals surface area contributed by atoms with Gasteiger partial charge in [-0.05, 0) is 20.3 Å². The molecule has 2 rings (SSSR count). The van der Waals surface area contributed by atoms with E-state index in [1.54, 1.807) is 13.8 Å². The highest BCUT2D eigenvalue weighted by Crippen LogP contribution is 2.25. The zero-order valence-corrected chi connectivity index (χ0v) is 11.7. The van der Waals surface area contributed by atoms with Crippen LogP contribution in [0.25, 0.3) is 0 Å². The minimum absolute atomic E-state index is 0.0333. The van der Waals surface area contributed by atoms with Gasteiger partial charge in [-0.25, -0.2) is 8.42 Å². The molecule has 0 amide bonds. The lowest BCUT2D eigenvalue weighted by atomic mass is 10.2. The van der Waals surface area contributed by atoms with Crippen LogP contribution in [0.5, 0.6) is 0 Å². The van der Waals surface area contributed by atoms with Crippen LogP contribution in [0.4, 0.5) is 0 Å². The third kappa shape index (κ3) is 2.30. The highest BCUT2D eigenvalue weighted by atomic mass is 32.2. The molecule has 1 aliphatic rings. The summed E-state index contributed by atoms with van der Waals surface area (Å²) >= 11 is 0. The Hall–Kier alpha value is -0.920. The van der Waals surface area contributed by atoms with Crippen LogP contribution >= 0.6 is 0 Å². The minimum Gasteiger partial charge on any atom is -0.375 e. The topological polar surface area (TPSA) is 72.6 Å². The Labute approximate surface area is 107 Å². The number of ether oxygens (including phenoxy) is 1. The van der Waals surface area contributed by atoms with Crippen molar-refractivity contribution in [1.82, 2.24) is 9.46 Å². The Kier molecular flexibility index (Phi) is 3.74. The van der Waals surface area contributed by atoms with Gasteiger partial charge < -0.3 is 9.26 Å². The van der Waals surface area contributed by atoms with Crippen molar-refractivity contribution in [2.45, 2.75) is 38.2 Å². The molecular formula is C11H18N2O4S. The van der Waals surface area contributed by atoms with E-state index in [0.717, 1.165) is 6.42 Å². The molecule has 0 aliphatic carbocycles. The second-order valence-corrected chi connectivity index (χ2v) is 6.29. The van der Waals surface area contributed by atoms with E-state index >= 15 is 0 Å². The molecule has 0 aromatic carbocycles. The average molecular weight is 274 g/mol. The van der Waals surface area contributed by atoms with Crippen LogP contribution in [0.15, 0.2) is 9.42 Å². The van der Waals surface area contributed by atoms with Gasteiger partial charge in [0.1, 0.15) is 10.6 Å². The number of hydrogen-bond donors (Lipinski definition) is 0. The predicted molar refractivity (Wildman–Crippen MR) is 64.8 cm³/mol.